The fourth-order valence-electron chi connectivity index (χ4n) is 2.77. The van der Waals surface area contributed by atoms with Crippen LogP contribution in [0.3, 0.4) is 0 Å². The maximum Gasteiger partial charge on any atom is 0.342 e. The van der Waals surface area contributed by atoms with Gasteiger partial charge in [0.1, 0.15) is 17.1 Å². The third-order valence-corrected chi connectivity index (χ3v) is 5.90. The quantitative estimate of drug-likeness (QED) is 0.439. The molecule has 5 nitrogen and oxygen atoms in total. The van der Waals surface area contributed by atoms with Crippen LogP contribution in [0.15, 0.2) is 64.3 Å². The summed E-state index contributed by atoms with van der Waals surface area (Å²) in [5.41, 5.74) is 2.22. The molecule has 0 bridgehead atoms. The lowest BCUT2D eigenvalue weighted by atomic mass is 9.99. The van der Waals surface area contributed by atoms with Crippen LogP contribution < -0.4 is 4.74 Å². The number of halogens is 1. The average Bonchev–Trinajstić information content (AvgIpc) is 3.21. The second-order valence-electron chi connectivity index (χ2n) is 5.60. The molecule has 1 aromatic heterocycles. The van der Waals surface area contributed by atoms with E-state index in [0.29, 0.717) is 26.8 Å². The van der Waals surface area contributed by atoms with Gasteiger partial charge in [0.05, 0.1) is 31.8 Å². The summed E-state index contributed by atoms with van der Waals surface area (Å²) in [6, 6.07) is 12.2. The van der Waals surface area contributed by atoms with Gasteiger partial charge in [0, 0.05) is 16.7 Å². The summed E-state index contributed by atoms with van der Waals surface area (Å²) in [4.78, 5) is 13.0. The molecule has 27 heavy (non-hydrogen) atoms. The third kappa shape index (κ3) is 3.98. The van der Waals surface area contributed by atoms with Crippen molar-refractivity contribution in [2.45, 2.75) is 10.6 Å². The molecule has 0 radical (unpaired) electrons. The van der Waals surface area contributed by atoms with Gasteiger partial charge in [-0.1, -0.05) is 35.9 Å². The van der Waals surface area contributed by atoms with E-state index in [2.05, 4.69) is 0 Å². The van der Waals surface area contributed by atoms with Crippen molar-refractivity contribution in [3.05, 3.63) is 71.1 Å². The lowest BCUT2D eigenvalue weighted by Crippen LogP contribution is -2.13. The summed E-state index contributed by atoms with van der Waals surface area (Å²) >= 11 is 4.70. The molecule has 0 aliphatic rings. The monoisotopic (exact) mass is 404 g/mol. The summed E-state index contributed by atoms with van der Waals surface area (Å²) in [5, 5.41) is 0.414. The van der Waals surface area contributed by atoms with E-state index in [0.717, 1.165) is 5.56 Å². The number of carbonyl (C=O) groups is 1. The number of carbonyl (C=O) groups excluding carboxylic acids is 1. The zero-order chi connectivity index (χ0) is 19.4. The molecule has 0 aliphatic heterocycles. The van der Waals surface area contributed by atoms with Crippen molar-refractivity contribution >= 4 is 28.7 Å². The Kier molecular flexibility index (Phi) is 6.11. The van der Waals surface area contributed by atoms with Crippen LogP contribution in [0, 0.1) is 0 Å². The van der Waals surface area contributed by atoms with Gasteiger partial charge in [-0.3, -0.25) is 0 Å². The number of methoxy groups -OCH3 is 2. The molecule has 1 atom stereocenters. The van der Waals surface area contributed by atoms with Gasteiger partial charge >= 0.3 is 5.97 Å². The lowest BCUT2D eigenvalue weighted by molar-refractivity contribution is 0.0596. The predicted octanol–water partition coefficient (Wildman–Crippen LogP) is 4.70. The van der Waals surface area contributed by atoms with Crippen LogP contribution in [0.25, 0.3) is 11.1 Å². The Labute approximate surface area is 165 Å². The van der Waals surface area contributed by atoms with E-state index in [4.69, 9.17) is 25.5 Å². The van der Waals surface area contributed by atoms with Crippen molar-refractivity contribution in [3.63, 3.8) is 0 Å². The highest BCUT2D eigenvalue weighted by molar-refractivity contribution is 7.90. The predicted molar refractivity (Wildman–Crippen MR) is 104 cm³/mol. The molecule has 0 N–H and O–H groups in total. The van der Waals surface area contributed by atoms with Crippen LogP contribution in [-0.2, 0) is 21.7 Å². The van der Waals surface area contributed by atoms with Gasteiger partial charge in [-0.15, -0.1) is 0 Å². The van der Waals surface area contributed by atoms with Crippen molar-refractivity contribution in [3.8, 4) is 16.9 Å². The highest BCUT2D eigenvalue weighted by Gasteiger charge is 2.26. The van der Waals surface area contributed by atoms with E-state index in [1.807, 2.05) is 0 Å². The van der Waals surface area contributed by atoms with Crippen molar-refractivity contribution in [2.75, 3.05) is 14.2 Å². The van der Waals surface area contributed by atoms with Gasteiger partial charge in [0.2, 0.25) is 0 Å². The second-order valence-corrected chi connectivity index (χ2v) is 7.43. The summed E-state index contributed by atoms with van der Waals surface area (Å²) in [5.74, 6) is -0.129. The van der Waals surface area contributed by atoms with Crippen LogP contribution in [0.2, 0.25) is 5.02 Å². The lowest BCUT2D eigenvalue weighted by Gasteiger charge is -2.17. The van der Waals surface area contributed by atoms with Gasteiger partial charge in [-0.25, -0.2) is 4.79 Å². The van der Waals surface area contributed by atoms with E-state index in [-0.39, 0.29) is 11.3 Å². The van der Waals surface area contributed by atoms with E-state index in [1.165, 1.54) is 20.5 Å². The van der Waals surface area contributed by atoms with Crippen LogP contribution in [0.1, 0.15) is 15.9 Å². The van der Waals surface area contributed by atoms with Crippen molar-refractivity contribution in [1.29, 1.82) is 0 Å². The minimum Gasteiger partial charge on any atom is -0.611 e. The maximum absolute atomic E-state index is 12.8. The zero-order valence-electron chi connectivity index (χ0n) is 14.7. The number of rotatable bonds is 6. The number of benzene rings is 2. The molecular weight excluding hydrogens is 388 g/mol. The molecule has 140 valence electrons. The molecule has 0 saturated heterocycles. The molecule has 1 unspecified atom stereocenters. The Morgan fingerprint density at radius 3 is 2.59 bits per heavy atom. The summed E-state index contributed by atoms with van der Waals surface area (Å²) in [6.45, 7) is 0. The second kappa shape index (κ2) is 8.52. The third-order valence-electron chi connectivity index (χ3n) is 4.04. The molecule has 0 fully saturated rings. The largest absolute Gasteiger partial charge is 0.611 e. The summed E-state index contributed by atoms with van der Waals surface area (Å²) in [6.07, 6.45) is 3.09. The Hall–Kier alpha value is -2.41. The van der Waals surface area contributed by atoms with Gasteiger partial charge < -0.3 is 18.4 Å². The molecule has 0 aliphatic carbocycles. The Balaban J connectivity index is 2.07. The molecule has 1 heterocycles. The van der Waals surface area contributed by atoms with E-state index >= 15 is 0 Å². The Morgan fingerprint density at radius 1 is 1.19 bits per heavy atom. The molecule has 0 spiro atoms. The molecule has 7 heteroatoms. The number of ether oxygens (including phenoxy) is 2. The van der Waals surface area contributed by atoms with Gasteiger partial charge in [0.25, 0.3) is 0 Å². The number of hydrogen-bond acceptors (Lipinski definition) is 5. The fraction of sp³-hybridized carbons (Fsp3) is 0.150. The average molecular weight is 405 g/mol. The first-order valence-corrected chi connectivity index (χ1v) is 9.70. The van der Waals surface area contributed by atoms with Crippen molar-refractivity contribution < 1.29 is 23.2 Å². The highest BCUT2D eigenvalue weighted by atomic mass is 35.5. The van der Waals surface area contributed by atoms with E-state index < -0.39 is 17.1 Å². The Morgan fingerprint density at radius 2 is 1.96 bits per heavy atom. The minimum absolute atomic E-state index is 0.0934. The maximum atomic E-state index is 12.8. The van der Waals surface area contributed by atoms with Crippen molar-refractivity contribution in [1.82, 2.24) is 0 Å². The smallest absolute Gasteiger partial charge is 0.342 e. The van der Waals surface area contributed by atoms with Crippen LogP contribution >= 0.6 is 11.6 Å². The normalized spacial score (nSPS) is 11.9. The zero-order valence-corrected chi connectivity index (χ0v) is 16.3. The first kappa shape index (κ1) is 19.4. The Bertz CT molecular complexity index is 940. The highest BCUT2D eigenvalue weighted by Crippen LogP contribution is 2.37. The van der Waals surface area contributed by atoms with Crippen LogP contribution in [-0.4, -0.2) is 24.7 Å². The van der Waals surface area contributed by atoms with Crippen LogP contribution in [0.5, 0.6) is 5.75 Å². The molecule has 3 rings (SSSR count). The minimum atomic E-state index is -1.44. The van der Waals surface area contributed by atoms with Crippen LogP contribution in [0.4, 0.5) is 0 Å². The molecule has 3 aromatic rings. The van der Waals surface area contributed by atoms with E-state index in [9.17, 15) is 9.35 Å². The standard InChI is InChI=1S/C20H17ClO5S/c1-24-19-15(13-9-10-26-11-13)8-7-14(18(19)20(22)25-2)12-27(23)17-6-4-3-5-16(17)21/h3-11H,12H2,1-2H3. The first-order chi connectivity index (χ1) is 13.1. The van der Waals surface area contributed by atoms with Crippen molar-refractivity contribution in [2.24, 2.45) is 0 Å². The van der Waals surface area contributed by atoms with Gasteiger partial charge in [-0.05, 0) is 29.4 Å². The first-order valence-electron chi connectivity index (χ1n) is 8.00. The topological polar surface area (TPSA) is 71.7 Å². The molecule has 0 amide bonds. The fourth-order valence-corrected chi connectivity index (χ4v) is 4.36. The summed E-state index contributed by atoms with van der Waals surface area (Å²) in [7, 11) is 2.77. The molecular formula is C20H17ClO5S. The van der Waals surface area contributed by atoms with Gasteiger partial charge in [-0.2, -0.15) is 0 Å². The number of hydrogen-bond donors (Lipinski definition) is 0. The number of esters is 1. The summed E-state index contributed by atoms with van der Waals surface area (Å²) < 4.78 is 28.4. The SMILES string of the molecule is COC(=O)c1c(C[S+]([O-])c2ccccc2Cl)ccc(-c2ccoc2)c1OC. The van der Waals surface area contributed by atoms with Gasteiger partial charge in [0.15, 0.2) is 4.90 Å². The molecule has 0 saturated carbocycles. The van der Waals surface area contributed by atoms with E-state index in [1.54, 1.807) is 48.7 Å². The molecule has 2 aromatic carbocycles. The number of furan rings is 1.